The number of benzene rings is 2. The Balaban J connectivity index is 1.70. The van der Waals surface area contributed by atoms with E-state index in [4.69, 9.17) is 16.3 Å². The van der Waals surface area contributed by atoms with Gasteiger partial charge in [0.15, 0.2) is 0 Å². The fourth-order valence-corrected chi connectivity index (χ4v) is 3.44. The van der Waals surface area contributed by atoms with Gasteiger partial charge in [0.25, 0.3) is 11.1 Å². The quantitative estimate of drug-likeness (QED) is 0.567. The first kappa shape index (κ1) is 19.8. The minimum atomic E-state index is -0.634. The van der Waals surface area contributed by atoms with Gasteiger partial charge in [-0.1, -0.05) is 23.7 Å². The molecule has 0 saturated carbocycles. The molecule has 0 unspecified atom stereocenters. The van der Waals surface area contributed by atoms with Crippen LogP contribution in [0.5, 0.6) is 11.5 Å². The summed E-state index contributed by atoms with van der Waals surface area (Å²) in [5.41, 5.74) is 0.817. The van der Waals surface area contributed by atoms with Crippen LogP contribution >= 0.6 is 23.4 Å². The topological polar surface area (TPSA) is 95.9 Å². The van der Waals surface area contributed by atoms with Gasteiger partial charge in [-0.05, 0) is 53.7 Å². The number of thioether (sulfide) groups is 1. The van der Waals surface area contributed by atoms with Gasteiger partial charge in [-0.3, -0.25) is 19.3 Å². The van der Waals surface area contributed by atoms with Crippen molar-refractivity contribution in [3.05, 3.63) is 58.0 Å². The SMILES string of the molecule is COc1ccc(/C=C2\SC(=O)N(CC(=O)Nc3cc(Cl)ccc3O)C2=O)cc1. The molecule has 1 saturated heterocycles. The smallest absolute Gasteiger partial charge is 0.294 e. The Morgan fingerprint density at radius 1 is 1.25 bits per heavy atom. The maximum Gasteiger partial charge on any atom is 0.294 e. The largest absolute Gasteiger partial charge is 0.506 e. The van der Waals surface area contributed by atoms with Gasteiger partial charge in [0, 0.05) is 5.02 Å². The molecule has 1 heterocycles. The standard InChI is InChI=1S/C19H15ClN2O5S/c1-27-13-5-2-11(3-6-13)8-16-18(25)22(19(26)28-16)10-17(24)21-14-9-12(20)4-7-15(14)23/h2-9,23H,10H2,1H3,(H,21,24)/b16-8-. The van der Waals surface area contributed by atoms with Crippen LogP contribution in [0.4, 0.5) is 10.5 Å². The van der Waals surface area contributed by atoms with Crippen molar-refractivity contribution < 1.29 is 24.2 Å². The van der Waals surface area contributed by atoms with Gasteiger partial charge in [0.1, 0.15) is 18.0 Å². The van der Waals surface area contributed by atoms with Gasteiger partial charge < -0.3 is 15.2 Å². The molecule has 7 nitrogen and oxygen atoms in total. The maximum atomic E-state index is 12.5. The van der Waals surface area contributed by atoms with Crippen molar-refractivity contribution in [1.29, 1.82) is 0 Å². The third kappa shape index (κ3) is 4.47. The third-order valence-electron chi connectivity index (χ3n) is 3.82. The van der Waals surface area contributed by atoms with E-state index in [0.717, 1.165) is 22.2 Å². The summed E-state index contributed by atoms with van der Waals surface area (Å²) >= 11 is 6.59. The second-order valence-corrected chi connectivity index (χ2v) is 7.18. The van der Waals surface area contributed by atoms with Crippen molar-refractivity contribution >= 4 is 52.2 Å². The molecule has 0 aromatic heterocycles. The molecule has 1 aliphatic rings. The minimum Gasteiger partial charge on any atom is -0.506 e. The highest BCUT2D eigenvalue weighted by Crippen LogP contribution is 2.32. The molecular weight excluding hydrogens is 404 g/mol. The monoisotopic (exact) mass is 418 g/mol. The van der Waals surface area contributed by atoms with Crippen LogP contribution in [0.2, 0.25) is 5.02 Å². The Morgan fingerprint density at radius 2 is 1.96 bits per heavy atom. The lowest BCUT2D eigenvalue weighted by Crippen LogP contribution is -2.36. The van der Waals surface area contributed by atoms with Crippen LogP contribution in [0.3, 0.4) is 0 Å². The number of aromatic hydroxyl groups is 1. The number of ether oxygens (including phenoxy) is 1. The fraction of sp³-hybridized carbons (Fsp3) is 0.105. The van der Waals surface area contributed by atoms with E-state index in [-0.39, 0.29) is 16.3 Å². The van der Waals surface area contributed by atoms with Crippen LogP contribution in [0.15, 0.2) is 47.4 Å². The number of carbonyl (C=O) groups excluding carboxylic acids is 3. The van der Waals surface area contributed by atoms with E-state index in [1.165, 1.54) is 18.2 Å². The van der Waals surface area contributed by atoms with Gasteiger partial charge in [-0.2, -0.15) is 0 Å². The van der Waals surface area contributed by atoms with Gasteiger partial charge in [-0.15, -0.1) is 0 Å². The summed E-state index contributed by atoms with van der Waals surface area (Å²) in [4.78, 5) is 37.9. The molecule has 3 rings (SSSR count). The van der Waals surface area contributed by atoms with Gasteiger partial charge in [-0.25, -0.2) is 0 Å². The first-order valence-corrected chi connectivity index (χ1v) is 9.24. The lowest BCUT2D eigenvalue weighted by atomic mass is 10.2. The molecular formula is C19H15ClN2O5S. The van der Waals surface area contributed by atoms with E-state index in [1.807, 2.05) is 0 Å². The second kappa shape index (κ2) is 8.37. The molecule has 2 aromatic carbocycles. The van der Waals surface area contributed by atoms with Crippen molar-refractivity contribution in [3.63, 3.8) is 0 Å². The van der Waals surface area contributed by atoms with Crippen LogP contribution in [0, 0.1) is 0 Å². The number of nitrogens with one attached hydrogen (secondary N) is 1. The number of phenolic OH excluding ortho intramolecular Hbond substituents is 1. The van der Waals surface area contributed by atoms with Crippen LogP contribution in [0.25, 0.3) is 6.08 Å². The van der Waals surface area contributed by atoms with Crippen molar-refractivity contribution in [2.75, 3.05) is 19.0 Å². The first-order valence-electron chi connectivity index (χ1n) is 8.05. The zero-order valence-corrected chi connectivity index (χ0v) is 16.2. The predicted molar refractivity (Wildman–Crippen MR) is 107 cm³/mol. The summed E-state index contributed by atoms with van der Waals surface area (Å²) in [5.74, 6) is -0.695. The number of nitrogens with zero attached hydrogens (tertiary/aromatic N) is 1. The van der Waals surface area contributed by atoms with Crippen molar-refractivity contribution in [3.8, 4) is 11.5 Å². The molecule has 1 fully saturated rings. The second-order valence-electron chi connectivity index (χ2n) is 5.75. The third-order valence-corrected chi connectivity index (χ3v) is 4.96. The van der Waals surface area contributed by atoms with Crippen LogP contribution < -0.4 is 10.1 Å². The number of amides is 3. The molecule has 9 heteroatoms. The van der Waals surface area contributed by atoms with Crippen molar-refractivity contribution in [2.45, 2.75) is 0 Å². The average Bonchev–Trinajstić information content (AvgIpc) is 2.92. The molecule has 2 aromatic rings. The van der Waals surface area contributed by atoms with Gasteiger partial charge in [0.2, 0.25) is 5.91 Å². The van der Waals surface area contributed by atoms with E-state index >= 15 is 0 Å². The molecule has 0 radical (unpaired) electrons. The highest BCUT2D eigenvalue weighted by Gasteiger charge is 2.36. The summed E-state index contributed by atoms with van der Waals surface area (Å²) in [6.07, 6.45) is 1.57. The molecule has 3 amide bonds. The number of rotatable bonds is 5. The Kier molecular flexibility index (Phi) is 5.91. The molecule has 0 atom stereocenters. The maximum absolute atomic E-state index is 12.5. The number of methoxy groups -OCH3 is 1. The van der Waals surface area contributed by atoms with E-state index in [9.17, 15) is 19.5 Å². The zero-order valence-electron chi connectivity index (χ0n) is 14.6. The summed E-state index contributed by atoms with van der Waals surface area (Å²) in [6, 6.07) is 11.1. The van der Waals surface area contributed by atoms with Gasteiger partial charge in [0.05, 0.1) is 17.7 Å². The minimum absolute atomic E-state index is 0.0956. The zero-order chi connectivity index (χ0) is 20.3. The average molecular weight is 419 g/mol. The van der Waals surface area contributed by atoms with E-state index < -0.39 is 23.6 Å². The fourth-order valence-electron chi connectivity index (χ4n) is 2.43. The lowest BCUT2D eigenvalue weighted by molar-refractivity contribution is -0.127. The van der Waals surface area contributed by atoms with E-state index in [1.54, 1.807) is 37.5 Å². The van der Waals surface area contributed by atoms with E-state index in [0.29, 0.717) is 10.8 Å². The normalized spacial score (nSPS) is 15.2. The van der Waals surface area contributed by atoms with Crippen molar-refractivity contribution in [2.24, 2.45) is 0 Å². The Bertz CT molecular complexity index is 975. The number of imide groups is 1. The Morgan fingerprint density at radius 3 is 2.64 bits per heavy atom. The first-order chi connectivity index (χ1) is 13.4. The number of hydrogen-bond acceptors (Lipinski definition) is 6. The van der Waals surface area contributed by atoms with Gasteiger partial charge >= 0.3 is 0 Å². The molecule has 1 aliphatic heterocycles. The van der Waals surface area contributed by atoms with Crippen LogP contribution in [-0.2, 0) is 9.59 Å². The highest BCUT2D eigenvalue weighted by molar-refractivity contribution is 8.18. The molecule has 2 N–H and O–H groups in total. The van der Waals surface area contributed by atoms with Crippen LogP contribution in [-0.4, -0.2) is 40.7 Å². The number of hydrogen-bond donors (Lipinski definition) is 2. The Labute approximate surface area is 169 Å². The number of carbonyl (C=O) groups is 3. The van der Waals surface area contributed by atoms with E-state index in [2.05, 4.69) is 5.32 Å². The van der Waals surface area contributed by atoms with Crippen molar-refractivity contribution in [1.82, 2.24) is 4.90 Å². The molecule has 0 bridgehead atoms. The number of anilines is 1. The summed E-state index contributed by atoms with van der Waals surface area (Å²) < 4.78 is 5.08. The lowest BCUT2D eigenvalue weighted by Gasteiger charge is -2.13. The molecule has 144 valence electrons. The number of halogens is 1. The summed E-state index contributed by atoms with van der Waals surface area (Å²) in [6.45, 7) is -0.476. The summed E-state index contributed by atoms with van der Waals surface area (Å²) in [5, 5.41) is 12.0. The highest BCUT2D eigenvalue weighted by atomic mass is 35.5. The summed E-state index contributed by atoms with van der Waals surface area (Å²) in [7, 11) is 1.55. The molecule has 28 heavy (non-hydrogen) atoms. The van der Waals surface area contributed by atoms with Crippen LogP contribution in [0.1, 0.15) is 5.56 Å². The predicted octanol–water partition coefficient (Wildman–Crippen LogP) is 3.73. The number of phenols is 1. The molecule has 0 aliphatic carbocycles. The molecule has 0 spiro atoms. The Hall–Kier alpha value is -2.97.